The number of likely N-dealkylation sites (tertiary alicyclic amines) is 1. The molecule has 1 unspecified atom stereocenters. The second-order valence-electron chi connectivity index (χ2n) is 10.2. The van der Waals surface area contributed by atoms with Crippen molar-refractivity contribution in [2.24, 2.45) is 11.3 Å². The molecular formula is C26H33ClN2O2S. The largest absolute Gasteiger partial charge is 0.339 e. The van der Waals surface area contributed by atoms with Gasteiger partial charge in [0.2, 0.25) is 0 Å². The van der Waals surface area contributed by atoms with Crippen LogP contribution in [0, 0.1) is 11.3 Å². The van der Waals surface area contributed by atoms with Crippen LogP contribution in [0.25, 0.3) is 0 Å². The topological polar surface area (TPSA) is 49.4 Å². The van der Waals surface area contributed by atoms with Crippen LogP contribution in [0.5, 0.6) is 0 Å². The Morgan fingerprint density at radius 1 is 1.06 bits per heavy atom. The second kappa shape index (κ2) is 9.56. The molecule has 6 heteroatoms. The Morgan fingerprint density at radius 3 is 2.34 bits per heavy atom. The molecule has 0 spiro atoms. The van der Waals surface area contributed by atoms with Gasteiger partial charge in [-0.15, -0.1) is 11.3 Å². The molecule has 1 fully saturated rings. The van der Waals surface area contributed by atoms with Crippen LogP contribution in [-0.4, -0.2) is 29.8 Å². The zero-order chi connectivity index (χ0) is 22.9. The number of fused-ring (bicyclic) bond motifs is 1. The van der Waals surface area contributed by atoms with Gasteiger partial charge in [0.15, 0.2) is 0 Å². The average molecular weight is 473 g/mol. The summed E-state index contributed by atoms with van der Waals surface area (Å²) >= 11 is 7.58. The van der Waals surface area contributed by atoms with Crippen molar-refractivity contribution in [1.29, 1.82) is 0 Å². The lowest BCUT2D eigenvalue weighted by atomic mass is 9.72. The molecule has 1 aromatic carbocycles. The minimum absolute atomic E-state index is 0.0880. The number of nitrogens with zero attached hydrogens (tertiary/aromatic N) is 1. The Balaban J connectivity index is 1.67. The first kappa shape index (κ1) is 23.3. The van der Waals surface area contributed by atoms with Gasteiger partial charge in [0, 0.05) is 28.6 Å². The second-order valence-corrected chi connectivity index (χ2v) is 11.7. The molecule has 2 aliphatic rings. The van der Waals surface area contributed by atoms with Gasteiger partial charge in [-0.1, -0.05) is 45.2 Å². The van der Waals surface area contributed by atoms with Gasteiger partial charge in [0.25, 0.3) is 11.8 Å². The molecule has 1 atom stereocenters. The van der Waals surface area contributed by atoms with E-state index in [2.05, 4.69) is 26.1 Å². The zero-order valence-electron chi connectivity index (χ0n) is 19.3. The maximum atomic E-state index is 13.7. The summed E-state index contributed by atoms with van der Waals surface area (Å²) in [5.41, 5.74) is 2.67. The van der Waals surface area contributed by atoms with Gasteiger partial charge < -0.3 is 10.2 Å². The lowest BCUT2D eigenvalue weighted by Gasteiger charge is -2.34. The first-order valence-electron chi connectivity index (χ1n) is 11.7. The molecule has 2 aromatic rings. The van der Waals surface area contributed by atoms with E-state index < -0.39 is 0 Å². The molecule has 4 nitrogen and oxygen atoms in total. The Morgan fingerprint density at radius 2 is 1.72 bits per heavy atom. The summed E-state index contributed by atoms with van der Waals surface area (Å²) in [4.78, 5) is 30.0. The van der Waals surface area contributed by atoms with Crippen molar-refractivity contribution < 1.29 is 9.59 Å². The maximum absolute atomic E-state index is 13.7. The molecule has 0 bridgehead atoms. The molecule has 32 heavy (non-hydrogen) atoms. The molecule has 2 heterocycles. The normalized spacial score (nSPS) is 19.2. The number of nitrogens with one attached hydrogen (secondary N) is 1. The SMILES string of the molecule is CC(C)(C)C1CCc2c(sc(NC(=O)c3ccc(Cl)cc3)c2C(=O)N2CCCCCC2)C1. The van der Waals surface area contributed by atoms with Crippen molar-refractivity contribution in [3.63, 3.8) is 0 Å². The van der Waals surface area contributed by atoms with Gasteiger partial charge in [-0.2, -0.15) is 0 Å². The van der Waals surface area contributed by atoms with Crippen LogP contribution in [0.3, 0.4) is 0 Å². The Bertz CT molecular complexity index is 982. The van der Waals surface area contributed by atoms with Crippen LogP contribution in [0.1, 0.15) is 84.0 Å². The number of thiophene rings is 1. The third kappa shape index (κ3) is 5.04. The molecule has 4 rings (SSSR count). The highest BCUT2D eigenvalue weighted by atomic mass is 35.5. The summed E-state index contributed by atoms with van der Waals surface area (Å²) in [7, 11) is 0. The van der Waals surface area contributed by atoms with E-state index in [9.17, 15) is 9.59 Å². The van der Waals surface area contributed by atoms with Crippen molar-refractivity contribution in [1.82, 2.24) is 4.90 Å². The van der Waals surface area contributed by atoms with Gasteiger partial charge in [-0.25, -0.2) is 0 Å². The van der Waals surface area contributed by atoms with Gasteiger partial charge in [-0.3, -0.25) is 9.59 Å². The molecular weight excluding hydrogens is 440 g/mol. The van der Waals surface area contributed by atoms with Gasteiger partial charge in [0.1, 0.15) is 5.00 Å². The average Bonchev–Trinajstić information content (AvgIpc) is 2.90. The van der Waals surface area contributed by atoms with E-state index >= 15 is 0 Å². The fourth-order valence-corrected chi connectivity index (χ4v) is 6.29. The lowest BCUT2D eigenvalue weighted by molar-refractivity contribution is 0.0761. The van der Waals surface area contributed by atoms with Crippen molar-refractivity contribution in [2.45, 2.75) is 65.7 Å². The third-order valence-electron chi connectivity index (χ3n) is 6.93. The number of benzene rings is 1. The van der Waals surface area contributed by atoms with E-state index in [1.54, 1.807) is 35.6 Å². The first-order chi connectivity index (χ1) is 15.2. The molecule has 0 radical (unpaired) electrons. The number of amides is 2. The fourth-order valence-electron chi connectivity index (χ4n) is 4.85. The highest BCUT2D eigenvalue weighted by molar-refractivity contribution is 7.17. The number of halogens is 1. The Labute approximate surface area is 200 Å². The van der Waals surface area contributed by atoms with Crippen LogP contribution in [0.2, 0.25) is 5.02 Å². The summed E-state index contributed by atoms with van der Waals surface area (Å²) in [5, 5.41) is 4.38. The summed E-state index contributed by atoms with van der Waals surface area (Å²) in [6.45, 7) is 8.49. The van der Waals surface area contributed by atoms with Crippen LogP contribution >= 0.6 is 22.9 Å². The molecule has 0 saturated carbocycles. The fraction of sp³-hybridized carbons (Fsp3) is 0.538. The third-order valence-corrected chi connectivity index (χ3v) is 8.35. The number of hydrogen-bond donors (Lipinski definition) is 1. The zero-order valence-corrected chi connectivity index (χ0v) is 20.9. The summed E-state index contributed by atoms with van der Waals surface area (Å²) in [6, 6.07) is 6.87. The molecule has 1 saturated heterocycles. The molecule has 1 aliphatic carbocycles. The van der Waals surface area contributed by atoms with E-state index in [-0.39, 0.29) is 17.2 Å². The van der Waals surface area contributed by atoms with E-state index in [1.807, 2.05) is 4.90 Å². The molecule has 2 amide bonds. The molecule has 172 valence electrons. The monoisotopic (exact) mass is 472 g/mol. The minimum Gasteiger partial charge on any atom is -0.339 e. The van der Waals surface area contributed by atoms with Crippen molar-refractivity contribution in [3.8, 4) is 0 Å². The number of carbonyl (C=O) groups excluding carboxylic acids is 2. The van der Waals surface area contributed by atoms with Crippen molar-refractivity contribution >= 4 is 39.8 Å². The quantitative estimate of drug-likeness (QED) is 0.532. The number of carbonyl (C=O) groups is 2. The van der Waals surface area contributed by atoms with E-state index in [4.69, 9.17) is 11.6 Å². The predicted octanol–water partition coefficient (Wildman–Crippen LogP) is 6.82. The lowest BCUT2D eigenvalue weighted by Crippen LogP contribution is -2.33. The van der Waals surface area contributed by atoms with Gasteiger partial charge in [-0.05, 0) is 73.3 Å². The minimum atomic E-state index is -0.197. The smallest absolute Gasteiger partial charge is 0.257 e. The number of anilines is 1. The summed E-state index contributed by atoms with van der Waals surface area (Å²) < 4.78 is 0. The van der Waals surface area contributed by atoms with Gasteiger partial charge in [0.05, 0.1) is 5.56 Å². The highest BCUT2D eigenvalue weighted by Crippen LogP contribution is 2.45. The Hall–Kier alpha value is -1.85. The summed E-state index contributed by atoms with van der Waals surface area (Å²) in [5.74, 6) is 0.470. The molecule has 1 N–H and O–H groups in total. The number of hydrogen-bond acceptors (Lipinski definition) is 3. The van der Waals surface area contributed by atoms with E-state index in [1.165, 1.54) is 17.7 Å². The Kier molecular flexibility index (Phi) is 6.97. The van der Waals surface area contributed by atoms with E-state index in [0.29, 0.717) is 21.5 Å². The van der Waals surface area contributed by atoms with Crippen LogP contribution < -0.4 is 5.32 Å². The van der Waals surface area contributed by atoms with E-state index in [0.717, 1.165) is 56.3 Å². The molecule has 1 aromatic heterocycles. The maximum Gasteiger partial charge on any atom is 0.257 e. The van der Waals surface area contributed by atoms with Crippen LogP contribution in [-0.2, 0) is 12.8 Å². The number of rotatable bonds is 3. The standard InChI is InChI=1S/C26H33ClN2O2S/c1-26(2,3)18-10-13-20-21(16-18)32-24(28-23(30)17-8-11-19(27)12-9-17)22(20)25(31)29-14-6-4-5-7-15-29/h8-9,11-12,18H,4-7,10,13-16H2,1-3H3,(H,28,30). The van der Waals surface area contributed by atoms with Crippen LogP contribution in [0.15, 0.2) is 24.3 Å². The van der Waals surface area contributed by atoms with Crippen molar-refractivity contribution in [2.75, 3.05) is 18.4 Å². The predicted molar refractivity (Wildman–Crippen MR) is 133 cm³/mol. The first-order valence-corrected chi connectivity index (χ1v) is 12.9. The summed E-state index contributed by atoms with van der Waals surface area (Å²) in [6.07, 6.45) is 7.42. The highest BCUT2D eigenvalue weighted by Gasteiger charge is 2.35. The van der Waals surface area contributed by atoms with Crippen LogP contribution in [0.4, 0.5) is 5.00 Å². The van der Waals surface area contributed by atoms with Gasteiger partial charge >= 0.3 is 0 Å². The van der Waals surface area contributed by atoms with Crippen molar-refractivity contribution in [3.05, 3.63) is 50.9 Å². The molecule has 1 aliphatic heterocycles.